The second-order valence-corrected chi connectivity index (χ2v) is 7.25. The van der Waals surface area contributed by atoms with Gasteiger partial charge < -0.3 is 18.8 Å². The summed E-state index contributed by atoms with van der Waals surface area (Å²) < 4.78 is 33.0. The second-order valence-electron chi connectivity index (χ2n) is 6.34. The van der Waals surface area contributed by atoms with Gasteiger partial charge in [-0.05, 0) is 43.3 Å². The zero-order chi connectivity index (χ0) is 20.8. The van der Waals surface area contributed by atoms with Gasteiger partial charge in [0.05, 0.1) is 19.3 Å². The Bertz CT molecular complexity index is 1030. The lowest BCUT2D eigenvalue weighted by Crippen LogP contribution is -2.17. The molecule has 0 radical (unpaired) electrons. The van der Waals surface area contributed by atoms with Crippen LogP contribution < -0.4 is 19.6 Å². The minimum absolute atomic E-state index is 0.0262. The summed E-state index contributed by atoms with van der Waals surface area (Å²) in [5, 5.41) is 0. The van der Waals surface area contributed by atoms with Gasteiger partial charge in [0.15, 0.2) is 5.75 Å². The van der Waals surface area contributed by atoms with Gasteiger partial charge in [-0.15, -0.1) is 0 Å². The number of hydrogen-bond donors (Lipinski definition) is 0. The molecule has 0 aliphatic carbocycles. The standard InChI is InChI=1S/C22H21BrFNO4/c1-15-22(29-14-16-3-4-17(23)13-20(16)24)21(26)9-10-25(15)11-12-28-19-7-5-18(27-2)6-8-19/h3-10,13H,11-12,14H2,1-2H3. The van der Waals surface area contributed by atoms with Crippen LogP contribution in [0, 0.1) is 12.7 Å². The maximum Gasteiger partial charge on any atom is 0.223 e. The van der Waals surface area contributed by atoms with E-state index < -0.39 is 0 Å². The highest BCUT2D eigenvalue weighted by Gasteiger charge is 2.11. The van der Waals surface area contributed by atoms with Crippen molar-refractivity contribution in [1.29, 1.82) is 0 Å². The third-order valence-corrected chi connectivity index (χ3v) is 4.93. The van der Waals surface area contributed by atoms with Gasteiger partial charge in [0.2, 0.25) is 5.43 Å². The average molecular weight is 462 g/mol. The van der Waals surface area contributed by atoms with Crippen LogP contribution in [0.15, 0.2) is 64.0 Å². The molecule has 0 bridgehead atoms. The van der Waals surface area contributed by atoms with Crippen molar-refractivity contribution in [2.45, 2.75) is 20.1 Å². The van der Waals surface area contributed by atoms with Crippen LogP contribution in [0.25, 0.3) is 0 Å². The number of pyridine rings is 1. The summed E-state index contributed by atoms with van der Waals surface area (Å²) in [6.45, 7) is 2.71. The number of rotatable bonds is 8. The van der Waals surface area contributed by atoms with Crippen LogP contribution in [0.3, 0.4) is 0 Å². The lowest BCUT2D eigenvalue weighted by molar-refractivity contribution is 0.280. The molecule has 152 valence electrons. The Morgan fingerprint density at radius 1 is 1.03 bits per heavy atom. The molecule has 3 aromatic rings. The third-order valence-electron chi connectivity index (χ3n) is 4.44. The van der Waals surface area contributed by atoms with Crippen LogP contribution in [0.1, 0.15) is 11.3 Å². The SMILES string of the molecule is COc1ccc(OCCn2ccc(=O)c(OCc3ccc(Br)cc3F)c2C)cc1. The first kappa shape index (κ1) is 20.9. The zero-order valence-electron chi connectivity index (χ0n) is 16.2. The Balaban J connectivity index is 1.65. The number of hydrogen-bond acceptors (Lipinski definition) is 4. The van der Waals surface area contributed by atoms with Gasteiger partial charge in [-0.2, -0.15) is 0 Å². The van der Waals surface area contributed by atoms with Crippen molar-refractivity contribution in [3.63, 3.8) is 0 Å². The summed E-state index contributed by atoms with van der Waals surface area (Å²) in [6.07, 6.45) is 1.70. The van der Waals surface area contributed by atoms with Crippen molar-refractivity contribution in [3.05, 3.63) is 86.5 Å². The molecule has 0 fully saturated rings. The normalized spacial score (nSPS) is 10.6. The topological polar surface area (TPSA) is 49.7 Å². The summed E-state index contributed by atoms with van der Waals surface area (Å²) in [5.41, 5.74) is 0.797. The number of ether oxygens (including phenoxy) is 3. The predicted octanol–water partition coefficient (Wildman–Crippen LogP) is 4.72. The fraction of sp³-hybridized carbons (Fsp3) is 0.227. The van der Waals surface area contributed by atoms with Gasteiger partial charge in [0, 0.05) is 22.3 Å². The third kappa shape index (κ3) is 5.38. The van der Waals surface area contributed by atoms with Gasteiger partial charge in [-0.3, -0.25) is 4.79 Å². The minimum Gasteiger partial charge on any atom is -0.497 e. The van der Waals surface area contributed by atoms with E-state index in [1.165, 1.54) is 12.1 Å². The maximum absolute atomic E-state index is 14.0. The first-order chi connectivity index (χ1) is 14.0. The van der Waals surface area contributed by atoms with Crippen LogP contribution in [0.2, 0.25) is 0 Å². The van der Waals surface area contributed by atoms with Crippen molar-refractivity contribution >= 4 is 15.9 Å². The first-order valence-electron chi connectivity index (χ1n) is 9.01. The highest BCUT2D eigenvalue weighted by molar-refractivity contribution is 9.10. The van der Waals surface area contributed by atoms with Crippen molar-refractivity contribution in [2.75, 3.05) is 13.7 Å². The Morgan fingerprint density at radius 2 is 1.76 bits per heavy atom. The number of nitrogens with zero attached hydrogens (tertiary/aromatic N) is 1. The summed E-state index contributed by atoms with van der Waals surface area (Å²) in [6, 6.07) is 13.5. The lowest BCUT2D eigenvalue weighted by Gasteiger charge is -2.15. The van der Waals surface area contributed by atoms with E-state index in [9.17, 15) is 9.18 Å². The summed E-state index contributed by atoms with van der Waals surface area (Å²) >= 11 is 3.22. The van der Waals surface area contributed by atoms with E-state index >= 15 is 0 Å². The number of aromatic nitrogens is 1. The largest absolute Gasteiger partial charge is 0.497 e. The molecule has 0 aliphatic rings. The Labute approximate surface area is 176 Å². The molecule has 7 heteroatoms. The fourth-order valence-electron chi connectivity index (χ4n) is 2.79. The molecule has 0 N–H and O–H groups in total. The van der Waals surface area contributed by atoms with E-state index in [2.05, 4.69) is 15.9 Å². The van der Waals surface area contributed by atoms with Crippen LogP contribution in [-0.2, 0) is 13.2 Å². The lowest BCUT2D eigenvalue weighted by atomic mass is 10.2. The molecular formula is C22H21BrFNO4. The van der Waals surface area contributed by atoms with Crippen LogP contribution in [0.4, 0.5) is 4.39 Å². The van der Waals surface area contributed by atoms with Crippen LogP contribution in [-0.4, -0.2) is 18.3 Å². The van der Waals surface area contributed by atoms with E-state index in [4.69, 9.17) is 14.2 Å². The fourth-order valence-corrected chi connectivity index (χ4v) is 3.13. The molecule has 0 amide bonds. The molecule has 2 aromatic carbocycles. The highest BCUT2D eigenvalue weighted by atomic mass is 79.9. The molecule has 1 heterocycles. The molecule has 0 saturated heterocycles. The maximum atomic E-state index is 14.0. The van der Waals surface area contributed by atoms with Gasteiger partial charge >= 0.3 is 0 Å². The van der Waals surface area contributed by atoms with Crippen molar-refractivity contribution in [1.82, 2.24) is 4.57 Å². The Morgan fingerprint density at radius 3 is 2.45 bits per heavy atom. The van der Waals surface area contributed by atoms with Gasteiger partial charge in [-0.1, -0.05) is 22.0 Å². The molecule has 0 unspecified atom stereocenters. The Kier molecular flexibility index (Phi) is 6.93. The number of benzene rings is 2. The van der Waals surface area contributed by atoms with Crippen molar-refractivity contribution < 1.29 is 18.6 Å². The molecule has 3 rings (SSSR count). The molecule has 0 aliphatic heterocycles. The molecule has 0 saturated carbocycles. The van der Waals surface area contributed by atoms with E-state index in [-0.39, 0.29) is 23.6 Å². The van der Waals surface area contributed by atoms with Gasteiger partial charge in [0.25, 0.3) is 0 Å². The number of methoxy groups -OCH3 is 1. The first-order valence-corrected chi connectivity index (χ1v) is 9.81. The number of halogens is 2. The van der Waals surface area contributed by atoms with Crippen molar-refractivity contribution in [3.8, 4) is 17.2 Å². The van der Waals surface area contributed by atoms with Crippen LogP contribution in [0.5, 0.6) is 17.2 Å². The smallest absolute Gasteiger partial charge is 0.223 e. The van der Waals surface area contributed by atoms with E-state index in [0.717, 1.165) is 11.5 Å². The van der Waals surface area contributed by atoms with Gasteiger partial charge in [-0.25, -0.2) is 4.39 Å². The molecule has 5 nitrogen and oxygen atoms in total. The molecule has 0 atom stereocenters. The molecular weight excluding hydrogens is 441 g/mol. The predicted molar refractivity (Wildman–Crippen MR) is 112 cm³/mol. The molecule has 29 heavy (non-hydrogen) atoms. The van der Waals surface area contributed by atoms with Crippen molar-refractivity contribution in [2.24, 2.45) is 0 Å². The summed E-state index contributed by atoms with van der Waals surface area (Å²) in [7, 11) is 1.61. The van der Waals surface area contributed by atoms with Crippen LogP contribution >= 0.6 is 15.9 Å². The average Bonchev–Trinajstić information content (AvgIpc) is 2.71. The zero-order valence-corrected chi connectivity index (χ0v) is 17.7. The highest BCUT2D eigenvalue weighted by Crippen LogP contribution is 2.19. The summed E-state index contributed by atoms with van der Waals surface area (Å²) in [4.78, 5) is 12.2. The second kappa shape index (κ2) is 9.60. The Hall–Kier alpha value is -2.80. The quantitative estimate of drug-likeness (QED) is 0.486. The van der Waals surface area contributed by atoms with E-state index in [0.29, 0.717) is 28.9 Å². The van der Waals surface area contributed by atoms with E-state index in [1.807, 2.05) is 28.8 Å². The molecule has 1 aromatic heterocycles. The summed E-state index contributed by atoms with van der Waals surface area (Å²) in [5.74, 6) is 1.31. The monoisotopic (exact) mass is 461 g/mol. The van der Waals surface area contributed by atoms with E-state index in [1.54, 1.807) is 32.4 Å². The molecule has 0 spiro atoms. The van der Waals surface area contributed by atoms with Gasteiger partial charge in [0.1, 0.15) is 30.5 Å². The minimum atomic E-state index is -0.388.